The van der Waals surface area contributed by atoms with Gasteiger partial charge in [-0.15, -0.1) is 0 Å². The fourth-order valence-electron chi connectivity index (χ4n) is 2.44. The van der Waals surface area contributed by atoms with E-state index in [-0.39, 0.29) is 0 Å². The molecule has 1 aliphatic rings. The average Bonchev–Trinajstić information content (AvgIpc) is 2.90. The van der Waals surface area contributed by atoms with Crippen LogP contribution in [0.1, 0.15) is 24.5 Å². The second kappa shape index (κ2) is 4.67. The topological polar surface area (TPSA) is 42.7 Å². The van der Waals surface area contributed by atoms with Crippen LogP contribution >= 0.6 is 0 Å². The quantitative estimate of drug-likeness (QED) is 0.851. The van der Waals surface area contributed by atoms with Gasteiger partial charge < -0.3 is 9.88 Å². The van der Waals surface area contributed by atoms with Gasteiger partial charge >= 0.3 is 0 Å². The summed E-state index contributed by atoms with van der Waals surface area (Å²) >= 11 is 0. The molecular formula is C13H16N4. The van der Waals surface area contributed by atoms with Crippen LogP contribution in [0.3, 0.4) is 0 Å². The highest BCUT2D eigenvalue weighted by Gasteiger charge is 2.19. The number of pyridine rings is 1. The van der Waals surface area contributed by atoms with E-state index >= 15 is 0 Å². The standard InChI is InChI=1S/C13H16N4/c1-2-12(8-15-5-1)17-10-16-9-13(17)11-3-6-14-7-4-11/h1-2,5,8-11,14H,3-4,6-7H2. The van der Waals surface area contributed by atoms with Crippen molar-refractivity contribution in [2.24, 2.45) is 0 Å². The highest BCUT2D eigenvalue weighted by molar-refractivity contribution is 5.31. The zero-order valence-electron chi connectivity index (χ0n) is 9.71. The van der Waals surface area contributed by atoms with Crippen LogP contribution in [0.25, 0.3) is 5.69 Å². The molecule has 0 saturated carbocycles. The summed E-state index contributed by atoms with van der Waals surface area (Å²) in [6.45, 7) is 2.20. The van der Waals surface area contributed by atoms with Gasteiger partial charge in [0.05, 0.1) is 18.2 Å². The van der Waals surface area contributed by atoms with Crippen LogP contribution in [0.5, 0.6) is 0 Å². The summed E-state index contributed by atoms with van der Waals surface area (Å²) in [5, 5.41) is 3.39. The lowest BCUT2D eigenvalue weighted by Gasteiger charge is -2.23. The average molecular weight is 228 g/mol. The number of hydrogen-bond donors (Lipinski definition) is 1. The fraction of sp³-hybridized carbons (Fsp3) is 0.385. The first kappa shape index (κ1) is 10.5. The third-order valence-corrected chi connectivity index (χ3v) is 3.35. The molecule has 0 aromatic carbocycles. The number of nitrogens with zero attached hydrogens (tertiary/aromatic N) is 3. The van der Waals surface area contributed by atoms with Gasteiger partial charge in [0.25, 0.3) is 0 Å². The summed E-state index contributed by atoms with van der Waals surface area (Å²) in [5.41, 5.74) is 2.40. The maximum atomic E-state index is 4.29. The van der Waals surface area contributed by atoms with E-state index in [2.05, 4.69) is 25.9 Å². The Morgan fingerprint density at radius 3 is 2.82 bits per heavy atom. The molecule has 0 unspecified atom stereocenters. The Morgan fingerprint density at radius 2 is 2.06 bits per heavy atom. The lowest BCUT2D eigenvalue weighted by molar-refractivity contribution is 0.449. The van der Waals surface area contributed by atoms with E-state index in [1.165, 1.54) is 18.5 Å². The van der Waals surface area contributed by atoms with Crippen LogP contribution in [-0.2, 0) is 0 Å². The first-order valence-corrected chi connectivity index (χ1v) is 6.08. The lowest BCUT2D eigenvalue weighted by Crippen LogP contribution is -2.27. The molecule has 4 heteroatoms. The van der Waals surface area contributed by atoms with Gasteiger partial charge in [0, 0.05) is 24.0 Å². The minimum atomic E-state index is 0.610. The second-order valence-electron chi connectivity index (χ2n) is 4.42. The number of aromatic nitrogens is 3. The predicted octanol–water partition coefficient (Wildman–Crippen LogP) is 1.73. The molecule has 1 saturated heterocycles. The number of rotatable bonds is 2. The van der Waals surface area contributed by atoms with Gasteiger partial charge in [-0.05, 0) is 38.1 Å². The van der Waals surface area contributed by atoms with Gasteiger partial charge in [-0.2, -0.15) is 0 Å². The monoisotopic (exact) mass is 228 g/mol. The number of piperidine rings is 1. The molecule has 0 radical (unpaired) electrons. The number of imidazole rings is 1. The molecular weight excluding hydrogens is 212 g/mol. The minimum absolute atomic E-state index is 0.610. The maximum absolute atomic E-state index is 4.29. The molecule has 0 atom stereocenters. The van der Waals surface area contributed by atoms with Gasteiger partial charge in [-0.1, -0.05) is 0 Å². The number of hydrogen-bond acceptors (Lipinski definition) is 3. The van der Waals surface area contributed by atoms with Crippen LogP contribution in [-0.4, -0.2) is 27.6 Å². The minimum Gasteiger partial charge on any atom is -0.317 e. The van der Waals surface area contributed by atoms with Crippen LogP contribution in [0.15, 0.2) is 37.1 Å². The molecule has 0 amide bonds. The summed E-state index contributed by atoms with van der Waals surface area (Å²) in [4.78, 5) is 8.45. The number of nitrogens with one attached hydrogen (secondary N) is 1. The van der Waals surface area contributed by atoms with E-state index in [0.717, 1.165) is 18.8 Å². The first-order chi connectivity index (χ1) is 8.45. The molecule has 3 heterocycles. The van der Waals surface area contributed by atoms with Crippen LogP contribution < -0.4 is 5.32 Å². The summed E-state index contributed by atoms with van der Waals surface area (Å²) < 4.78 is 2.16. The Bertz CT molecular complexity index is 471. The third-order valence-electron chi connectivity index (χ3n) is 3.35. The van der Waals surface area contributed by atoms with E-state index < -0.39 is 0 Å². The van der Waals surface area contributed by atoms with Gasteiger partial charge in [0.15, 0.2) is 0 Å². The zero-order chi connectivity index (χ0) is 11.5. The molecule has 88 valence electrons. The van der Waals surface area contributed by atoms with Crippen molar-refractivity contribution < 1.29 is 0 Å². The van der Waals surface area contributed by atoms with Crippen molar-refractivity contribution in [1.29, 1.82) is 0 Å². The Kier molecular flexibility index (Phi) is 2.88. The molecule has 1 aliphatic heterocycles. The normalized spacial score (nSPS) is 17.2. The smallest absolute Gasteiger partial charge is 0.0994 e. The van der Waals surface area contributed by atoms with Gasteiger partial charge in [0.1, 0.15) is 0 Å². The largest absolute Gasteiger partial charge is 0.317 e. The highest BCUT2D eigenvalue weighted by Crippen LogP contribution is 2.26. The molecule has 2 aromatic heterocycles. The van der Waals surface area contributed by atoms with Crippen LogP contribution in [0.4, 0.5) is 0 Å². The Balaban J connectivity index is 1.93. The molecule has 1 N–H and O–H groups in total. The Labute approximate surface area is 101 Å². The van der Waals surface area contributed by atoms with Gasteiger partial charge in [-0.25, -0.2) is 4.98 Å². The van der Waals surface area contributed by atoms with E-state index in [4.69, 9.17) is 0 Å². The van der Waals surface area contributed by atoms with Crippen molar-refractivity contribution in [1.82, 2.24) is 19.9 Å². The lowest BCUT2D eigenvalue weighted by atomic mass is 9.95. The summed E-state index contributed by atoms with van der Waals surface area (Å²) in [7, 11) is 0. The van der Waals surface area contributed by atoms with E-state index in [1.807, 2.05) is 24.8 Å². The first-order valence-electron chi connectivity index (χ1n) is 6.08. The summed E-state index contributed by atoms with van der Waals surface area (Å²) in [6, 6.07) is 4.03. The van der Waals surface area contributed by atoms with Crippen molar-refractivity contribution in [3.8, 4) is 5.69 Å². The molecule has 2 aromatic rings. The summed E-state index contributed by atoms with van der Waals surface area (Å²) in [5.74, 6) is 0.610. The molecule has 4 nitrogen and oxygen atoms in total. The van der Waals surface area contributed by atoms with E-state index in [0.29, 0.717) is 5.92 Å². The predicted molar refractivity (Wildman–Crippen MR) is 66.2 cm³/mol. The van der Waals surface area contributed by atoms with Crippen molar-refractivity contribution >= 4 is 0 Å². The fourth-order valence-corrected chi connectivity index (χ4v) is 2.44. The molecule has 0 bridgehead atoms. The third kappa shape index (κ3) is 2.08. The maximum Gasteiger partial charge on any atom is 0.0994 e. The van der Waals surface area contributed by atoms with Crippen molar-refractivity contribution in [2.45, 2.75) is 18.8 Å². The molecule has 17 heavy (non-hydrogen) atoms. The van der Waals surface area contributed by atoms with Crippen LogP contribution in [0, 0.1) is 0 Å². The van der Waals surface area contributed by atoms with Crippen LogP contribution in [0.2, 0.25) is 0 Å². The van der Waals surface area contributed by atoms with E-state index in [9.17, 15) is 0 Å². The molecule has 1 fully saturated rings. The van der Waals surface area contributed by atoms with Crippen molar-refractivity contribution in [2.75, 3.05) is 13.1 Å². The molecule has 0 spiro atoms. The Hall–Kier alpha value is -1.68. The molecule has 0 aliphatic carbocycles. The summed E-state index contributed by atoms with van der Waals surface area (Å²) in [6.07, 6.45) is 9.92. The van der Waals surface area contributed by atoms with Crippen molar-refractivity contribution in [3.63, 3.8) is 0 Å². The SMILES string of the molecule is c1cncc(-n2cncc2C2CCNCC2)c1. The van der Waals surface area contributed by atoms with Gasteiger partial charge in [-0.3, -0.25) is 4.98 Å². The van der Waals surface area contributed by atoms with Crippen molar-refractivity contribution in [3.05, 3.63) is 42.7 Å². The van der Waals surface area contributed by atoms with Gasteiger partial charge in [0.2, 0.25) is 0 Å². The Morgan fingerprint density at radius 1 is 1.18 bits per heavy atom. The highest BCUT2D eigenvalue weighted by atomic mass is 15.1. The second-order valence-corrected chi connectivity index (χ2v) is 4.42. The molecule has 3 rings (SSSR count). The van der Waals surface area contributed by atoms with E-state index in [1.54, 1.807) is 6.20 Å². The zero-order valence-corrected chi connectivity index (χ0v) is 9.71.